The maximum absolute atomic E-state index is 12.5. The van der Waals surface area contributed by atoms with Gasteiger partial charge in [-0.05, 0) is 36.9 Å². The third-order valence-corrected chi connectivity index (χ3v) is 4.27. The van der Waals surface area contributed by atoms with Crippen LogP contribution >= 0.6 is 23.9 Å². The number of anilines is 1. The van der Waals surface area contributed by atoms with E-state index in [1.54, 1.807) is 23.9 Å². The van der Waals surface area contributed by atoms with E-state index in [4.69, 9.17) is 5.73 Å². The van der Waals surface area contributed by atoms with Crippen LogP contribution < -0.4 is 11.1 Å². The van der Waals surface area contributed by atoms with Gasteiger partial charge in [-0.25, -0.2) is 0 Å². The van der Waals surface area contributed by atoms with Gasteiger partial charge in [-0.2, -0.15) is 3.89 Å². The second-order valence-electron chi connectivity index (χ2n) is 4.02. The zero-order chi connectivity index (χ0) is 13.7. The van der Waals surface area contributed by atoms with Crippen LogP contribution in [0.25, 0.3) is 0 Å². The first-order valence-electron chi connectivity index (χ1n) is 5.83. The molecule has 0 amide bonds. The zero-order valence-corrected chi connectivity index (χ0v) is 12.2. The van der Waals surface area contributed by atoms with E-state index in [9.17, 15) is 3.89 Å². The summed E-state index contributed by atoms with van der Waals surface area (Å²) in [5, 5.41) is 3.15. The number of nitrogens with one attached hydrogen (secondary N) is 1. The van der Waals surface area contributed by atoms with Gasteiger partial charge in [-0.1, -0.05) is 30.0 Å². The summed E-state index contributed by atoms with van der Waals surface area (Å²) in [7, 11) is 1.92. The van der Waals surface area contributed by atoms with Crippen LogP contribution in [0.4, 0.5) is 9.57 Å². The summed E-state index contributed by atoms with van der Waals surface area (Å²) in [6.07, 6.45) is 0. The van der Waals surface area contributed by atoms with Crippen LogP contribution in [-0.4, -0.2) is 7.05 Å². The number of benzene rings is 2. The molecule has 0 saturated carbocycles. The third kappa shape index (κ3) is 3.65. The van der Waals surface area contributed by atoms with E-state index >= 15 is 0 Å². The quantitative estimate of drug-likeness (QED) is 0.814. The number of rotatable bonds is 5. The zero-order valence-electron chi connectivity index (χ0n) is 10.5. The van der Waals surface area contributed by atoms with E-state index in [0.29, 0.717) is 10.6 Å². The van der Waals surface area contributed by atoms with Crippen LogP contribution in [0, 0.1) is 0 Å². The van der Waals surface area contributed by atoms with Crippen molar-refractivity contribution < 1.29 is 3.89 Å². The normalized spacial score (nSPS) is 10.6. The first-order valence-corrected chi connectivity index (χ1v) is 7.36. The van der Waals surface area contributed by atoms with Crippen molar-refractivity contribution in [3.05, 3.63) is 48.0 Å². The molecule has 0 bridgehead atoms. The minimum absolute atomic E-state index is 0.210. The Morgan fingerprint density at radius 2 is 1.95 bits per heavy atom. The van der Waals surface area contributed by atoms with Gasteiger partial charge >= 0.3 is 0 Å². The Bertz CT molecular complexity index is 561. The summed E-state index contributed by atoms with van der Waals surface area (Å²) in [4.78, 5) is 2.64. The average molecular weight is 294 g/mol. The van der Waals surface area contributed by atoms with Crippen LogP contribution in [0.15, 0.2) is 57.2 Å². The van der Waals surface area contributed by atoms with Crippen LogP contribution in [0.1, 0.15) is 5.56 Å². The molecule has 3 N–H and O–H groups in total. The molecule has 2 nitrogen and oxygen atoms in total. The fraction of sp³-hybridized carbons (Fsp3) is 0.143. The van der Waals surface area contributed by atoms with E-state index in [0.717, 1.165) is 16.3 Å². The van der Waals surface area contributed by atoms with Gasteiger partial charge < -0.3 is 11.1 Å². The first kappa shape index (κ1) is 14.2. The first-order chi connectivity index (χ1) is 9.24. The van der Waals surface area contributed by atoms with Crippen molar-refractivity contribution in [1.29, 1.82) is 0 Å². The molecule has 0 aliphatic carbocycles. The van der Waals surface area contributed by atoms with Gasteiger partial charge in [-0.15, -0.1) is 0 Å². The van der Waals surface area contributed by atoms with Crippen LogP contribution in [0.5, 0.6) is 0 Å². The molecule has 2 aromatic carbocycles. The lowest BCUT2D eigenvalue weighted by Crippen LogP contribution is -2.05. The highest BCUT2D eigenvalue weighted by molar-refractivity contribution is 7.99. The van der Waals surface area contributed by atoms with Crippen molar-refractivity contribution in [2.24, 2.45) is 0 Å². The second-order valence-corrected chi connectivity index (χ2v) is 5.73. The lowest BCUT2D eigenvalue weighted by molar-refractivity contribution is 0.803. The van der Waals surface area contributed by atoms with Gasteiger partial charge in [0.1, 0.15) is 0 Å². The Balaban J connectivity index is 2.26. The maximum Gasteiger partial charge on any atom is 0.0812 e. The molecular weight excluding hydrogens is 279 g/mol. The highest BCUT2D eigenvalue weighted by Crippen LogP contribution is 2.36. The molecule has 2 aromatic rings. The molecule has 0 heterocycles. The molecule has 0 fully saturated rings. The predicted molar refractivity (Wildman–Crippen MR) is 81.1 cm³/mol. The lowest BCUT2D eigenvalue weighted by atomic mass is 10.2. The fourth-order valence-electron chi connectivity index (χ4n) is 1.73. The Hall–Kier alpha value is -1.17. The second kappa shape index (κ2) is 6.84. The van der Waals surface area contributed by atoms with E-state index < -0.39 is 0 Å². The molecule has 5 heteroatoms. The van der Waals surface area contributed by atoms with Crippen molar-refractivity contribution in [2.45, 2.75) is 21.2 Å². The van der Waals surface area contributed by atoms with Gasteiger partial charge in [0.15, 0.2) is 0 Å². The number of hydrogen-bond donors (Lipinski definition) is 2. The minimum Gasteiger partial charge on any atom is -0.398 e. The van der Waals surface area contributed by atoms with Crippen LogP contribution in [-0.2, 0) is 6.54 Å². The largest absolute Gasteiger partial charge is 0.398 e. The fourth-order valence-corrected chi connectivity index (χ4v) is 2.98. The van der Waals surface area contributed by atoms with Gasteiger partial charge in [0.2, 0.25) is 0 Å². The molecule has 0 spiro atoms. The number of hydrogen-bond acceptors (Lipinski definition) is 4. The van der Waals surface area contributed by atoms with E-state index in [1.165, 1.54) is 5.56 Å². The van der Waals surface area contributed by atoms with Crippen molar-refractivity contribution >= 4 is 29.6 Å². The van der Waals surface area contributed by atoms with Crippen molar-refractivity contribution in [2.75, 3.05) is 12.8 Å². The van der Waals surface area contributed by atoms with Gasteiger partial charge in [-0.3, -0.25) is 0 Å². The van der Waals surface area contributed by atoms with E-state index in [-0.39, 0.29) is 12.1 Å². The number of nitrogens with two attached hydrogens (primary N) is 1. The SMILES string of the molecule is CNCc1ccccc1Sc1ccc(SF)cc1N. The summed E-state index contributed by atoms with van der Waals surface area (Å²) in [6, 6.07) is 13.4. The molecule has 0 aromatic heterocycles. The maximum atomic E-state index is 12.5. The van der Waals surface area contributed by atoms with Crippen molar-refractivity contribution in [1.82, 2.24) is 5.32 Å². The van der Waals surface area contributed by atoms with E-state index in [1.807, 2.05) is 25.2 Å². The van der Waals surface area contributed by atoms with Crippen molar-refractivity contribution in [3.63, 3.8) is 0 Å². The van der Waals surface area contributed by atoms with Crippen LogP contribution in [0.2, 0.25) is 0 Å². The van der Waals surface area contributed by atoms with Crippen LogP contribution in [0.3, 0.4) is 0 Å². The standard InChI is InChI=1S/C14H15FN2S2/c1-17-9-10-4-2-3-5-13(10)18-14-7-6-11(19-15)8-12(14)16/h2-8,17H,9,16H2,1H3. The highest BCUT2D eigenvalue weighted by Gasteiger charge is 2.07. The molecule has 19 heavy (non-hydrogen) atoms. The number of nitrogen functional groups attached to an aromatic ring is 1. The molecule has 0 atom stereocenters. The smallest absolute Gasteiger partial charge is 0.0812 e. The summed E-state index contributed by atoms with van der Waals surface area (Å²) in [5.74, 6) is 0. The molecule has 0 radical (unpaired) electrons. The Morgan fingerprint density at radius 1 is 1.16 bits per heavy atom. The van der Waals surface area contributed by atoms with E-state index in [2.05, 4.69) is 17.4 Å². The Kier molecular flexibility index (Phi) is 5.13. The molecule has 0 unspecified atom stereocenters. The molecule has 2 rings (SSSR count). The number of halogens is 1. The molecular formula is C14H15FN2S2. The summed E-state index contributed by atoms with van der Waals surface area (Å²) >= 11 is 1.81. The topological polar surface area (TPSA) is 38.0 Å². The Labute approximate surface area is 121 Å². The molecule has 0 aliphatic heterocycles. The lowest BCUT2D eigenvalue weighted by Gasteiger charge is -2.10. The minimum atomic E-state index is 0.210. The van der Waals surface area contributed by atoms with Crippen molar-refractivity contribution in [3.8, 4) is 0 Å². The highest BCUT2D eigenvalue weighted by atomic mass is 32.2. The summed E-state index contributed by atoms with van der Waals surface area (Å²) in [6.45, 7) is 0.807. The molecule has 0 aliphatic rings. The third-order valence-electron chi connectivity index (χ3n) is 2.63. The van der Waals surface area contributed by atoms with Gasteiger partial charge in [0.05, 0.1) is 12.1 Å². The molecule has 0 saturated heterocycles. The average Bonchev–Trinajstić information content (AvgIpc) is 2.43. The predicted octanol–water partition coefficient (Wildman–Crippen LogP) is 4.12. The van der Waals surface area contributed by atoms with Gasteiger partial charge in [0.25, 0.3) is 0 Å². The monoisotopic (exact) mass is 294 g/mol. The van der Waals surface area contributed by atoms with Gasteiger partial charge in [0, 0.05) is 26.9 Å². The molecule has 100 valence electrons. The summed E-state index contributed by atoms with van der Waals surface area (Å²) in [5.41, 5.74) is 7.78. The Morgan fingerprint density at radius 3 is 2.63 bits per heavy atom. The summed E-state index contributed by atoms with van der Waals surface area (Å²) < 4.78 is 12.5.